The number of hydrogen-bond acceptors (Lipinski definition) is 2. The monoisotopic (exact) mass is 260 g/mol. The van der Waals surface area contributed by atoms with Gasteiger partial charge in [-0.15, -0.1) is 0 Å². The van der Waals surface area contributed by atoms with Gasteiger partial charge in [-0.25, -0.2) is 0 Å². The highest BCUT2D eigenvalue weighted by Crippen LogP contribution is 2.26. The van der Waals surface area contributed by atoms with E-state index in [9.17, 15) is 0 Å². The molecule has 0 spiro atoms. The molecule has 1 N–H and O–H groups in total. The molecule has 106 valence electrons. The zero-order chi connectivity index (χ0) is 13.7. The van der Waals surface area contributed by atoms with Crippen LogP contribution in [-0.2, 0) is 6.54 Å². The highest BCUT2D eigenvalue weighted by molar-refractivity contribution is 5.21. The van der Waals surface area contributed by atoms with Crippen LogP contribution in [0.15, 0.2) is 24.3 Å². The first-order chi connectivity index (χ1) is 9.19. The average molecular weight is 260 g/mol. The van der Waals surface area contributed by atoms with E-state index in [0.29, 0.717) is 0 Å². The first-order valence-corrected chi connectivity index (χ1v) is 7.66. The molecule has 1 fully saturated rings. The summed E-state index contributed by atoms with van der Waals surface area (Å²) in [7, 11) is 2.25. The maximum absolute atomic E-state index is 3.64. The van der Waals surface area contributed by atoms with Gasteiger partial charge in [0.25, 0.3) is 0 Å². The van der Waals surface area contributed by atoms with E-state index < -0.39 is 0 Å². The van der Waals surface area contributed by atoms with E-state index in [1.165, 1.54) is 36.9 Å². The highest BCUT2D eigenvalue weighted by atomic mass is 15.1. The van der Waals surface area contributed by atoms with Crippen molar-refractivity contribution in [3.05, 3.63) is 35.4 Å². The van der Waals surface area contributed by atoms with Crippen molar-refractivity contribution < 1.29 is 0 Å². The normalized spacial score (nSPS) is 23.2. The topological polar surface area (TPSA) is 15.3 Å². The maximum atomic E-state index is 3.64. The third-order valence-corrected chi connectivity index (χ3v) is 4.24. The Bertz CT molecular complexity index is 371. The number of benzene rings is 1. The van der Waals surface area contributed by atoms with Gasteiger partial charge in [0.1, 0.15) is 0 Å². The fourth-order valence-corrected chi connectivity index (χ4v) is 3.26. The van der Waals surface area contributed by atoms with Gasteiger partial charge in [-0.05, 0) is 44.8 Å². The van der Waals surface area contributed by atoms with Crippen LogP contribution in [0.1, 0.15) is 37.3 Å². The van der Waals surface area contributed by atoms with Gasteiger partial charge in [0.15, 0.2) is 0 Å². The Kier molecular flexibility index (Phi) is 5.41. The minimum atomic E-state index is 0.741. The summed E-state index contributed by atoms with van der Waals surface area (Å²) in [6.07, 6.45) is 4.13. The Morgan fingerprint density at radius 3 is 2.63 bits per heavy atom. The molecule has 1 aliphatic carbocycles. The summed E-state index contributed by atoms with van der Waals surface area (Å²) in [6, 6.07) is 9.66. The molecule has 1 aliphatic rings. The largest absolute Gasteiger partial charge is 0.314 e. The second-order valence-corrected chi connectivity index (χ2v) is 6.04. The molecule has 2 unspecified atom stereocenters. The molecule has 2 heteroatoms. The molecule has 2 atom stereocenters. The van der Waals surface area contributed by atoms with E-state index >= 15 is 0 Å². The van der Waals surface area contributed by atoms with Gasteiger partial charge >= 0.3 is 0 Å². The van der Waals surface area contributed by atoms with Gasteiger partial charge in [-0.3, -0.25) is 0 Å². The van der Waals surface area contributed by atoms with E-state index in [2.05, 4.69) is 55.4 Å². The van der Waals surface area contributed by atoms with Crippen molar-refractivity contribution in [2.75, 3.05) is 20.1 Å². The summed E-state index contributed by atoms with van der Waals surface area (Å²) < 4.78 is 0. The van der Waals surface area contributed by atoms with Crippen LogP contribution in [0.3, 0.4) is 0 Å². The molecule has 0 aliphatic heterocycles. The molecule has 0 bridgehead atoms. The third-order valence-electron chi connectivity index (χ3n) is 4.24. The van der Waals surface area contributed by atoms with Gasteiger partial charge in [0.2, 0.25) is 0 Å². The molecule has 1 saturated carbocycles. The van der Waals surface area contributed by atoms with E-state index in [0.717, 1.165) is 25.0 Å². The maximum Gasteiger partial charge on any atom is 0.0230 e. The molecule has 0 saturated heterocycles. The summed E-state index contributed by atoms with van der Waals surface area (Å²) in [5, 5.41) is 3.64. The van der Waals surface area contributed by atoms with Gasteiger partial charge in [0.05, 0.1) is 0 Å². The first-order valence-electron chi connectivity index (χ1n) is 7.66. The number of aryl methyl sites for hydroxylation is 1. The van der Waals surface area contributed by atoms with E-state index in [1.807, 2.05) is 0 Å². The zero-order valence-corrected chi connectivity index (χ0v) is 12.7. The standard InChI is InChI=1S/C17H28N2/c1-4-18-17-7-5-6-16(17)13-19(3)12-15-10-8-14(2)9-11-15/h8-11,16-18H,4-7,12-13H2,1-3H3. The van der Waals surface area contributed by atoms with Crippen molar-refractivity contribution in [2.24, 2.45) is 5.92 Å². The van der Waals surface area contributed by atoms with E-state index in [1.54, 1.807) is 0 Å². The van der Waals surface area contributed by atoms with Crippen LogP contribution in [0.4, 0.5) is 0 Å². The lowest BCUT2D eigenvalue weighted by atomic mass is 10.0. The van der Waals surface area contributed by atoms with E-state index in [-0.39, 0.29) is 0 Å². The molecule has 0 amide bonds. The second kappa shape index (κ2) is 7.06. The predicted molar refractivity (Wildman–Crippen MR) is 82.3 cm³/mol. The fraction of sp³-hybridized carbons (Fsp3) is 0.647. The van der Waals surface area contributed by atoms with Gasteiger partial charge < -0.3 is 10.2 Å². The molecule has 1 aromatic rings. The first kappa shape index (κ1) is 14.5. The Balaban J connectivity index is 1.83. The van der Waals surface area contributed by atoms with Gasteiger partial charge in [-0.1, -0.05) is 43.2 Å². The highest BCUT2D eigenvalue weighted by Gasteiger charge is 2.27. The molecular weight excluding hydrogens is 232 g/mol. The van der Waals surface area contributed by atoms with Crippen LogP contribution >= 0.6 is 0 Å². The summed E-state index contributed by atoms with van der Waals surface area (Å²) in [4.78, 5) is 2.48. The van der Waals surface area contributed by atoms with Crippen molar-refractivity contribution in [2.45, 2.75) is 45.7 Å². The van der Waals surface area contributed by atoms with Crippen molar-refractivity contribution >= 4 is 0 Å². The summed E-state index contributed by atoms with van der Waals surface area (Å²) >= 11 is 0. The van der Waals surface area contributed by atoms with Gasteiger partial charge in [0, 0.05) is 19.1 Å². The lowest BCUT2D eigenvalue weighted by Gasteiger charge is -2.26. The van der Waals surface area contributed by atoms with Crippen LogP contribution in [0.2, 0.25) is 0 Å². The second-order valence-electron chi connectivity index (χ2n) is 6.04. The van der Waals surface area contributed by atoms with E-state index in [4.69, 9.17) is 0 Å². The smallest absolute Gasteiger partial charge is 0.0230 e. The fourth-order valence-electron chi connectivity index (χ4n) is 3.26. The molecule has 2 nitrogen and oxygen atoms in total. The average Bonchev–Trinajstić information content (AvgIpc) is 2.80. The number of rotatable bonds is 6. The molecule has 0 radical (unpaired) electrons. The molecule has 0 heterocycles. The Hall–Kier alpha value is -0.860. The number of nitrogens with one attached hydrogen (secondary N) is 1. The van der Waals surface area contributed by atoms with Crippen LogP contribution < -0.4 is 5.32 Å². The third kappa shape index (κ3) is 4.32. The SMILES string of the molecule is CCNC1CCCC1CN(C)Cc1ccc(C)cc1. The molecule has 0 aromatic heterocycles. The lowest BCUT2D eigenvalue weighted by Crippen LogP contribution is -2.38. The summed E-state index contributed by atoms with van der Waals surface area (Å²) in [6.45, 7) is 7.74. The van der Waals surface area contributed by atoms with Crippen LogP contribution in [-0.4, -0.2) is 31.1 Å². The van der Waals surface area contributed by atoms with Crippen LogP contribution in [0.25, 0.3) is 0 Å². The quantitative estimate of drug-likeness (QED) is 0.845. The zero-order valence-electron chi connectivity index (χ0n) is 12.7. The molecule has 2 rings (SSSR count). The predicted octanol–water partition coefficient (Wildman–Crippen LogP) is 3.21. The van der Waals surface area contributed by atoms with Crippen molar-refractivity contribution in [3.63, 3.8) is 0 Å². The minimum Gasteiger partial charge on any atom is -0.314 e. The number of nitrogens with zero attached hydrogens (tertiary/aromatic N) is 1. The Morgan fingerprint density at radius 2 is 1.95 bits per heavy atom. The van der Waals surface area contributed by atoms with Crippen LogP contribution in [0.5, 0.6) is 0 Å². The molecule has 1 aromatic carbocycles. The van der Waals surface area contributed by atoms with Crippen LogP contribution in [0, 0.1) is 12.8 Å². The van der Waals surface area contributed by atoms with Crippen molar-refractivity contribution in [3.8, 4) is 0 Å². The minimum absolute atomic E-state index is 0.741. The van der Waals surface area contributed by atoms with Gasteiger partial charge in [-0.2, -0.15) is 0 Å². The molecular formula is C17H28N2. The summed E-state index contributed by atoms with van der Waals surface area (Å²) in [5.41, 5.74) is 2.76. The Labute approximate surface area is 118 Å². The Morgan fingerprint density at radius 1 is 1.21 bits per heavy atom. The lowest BCUT2D eigenvalue weighted by molar-refractivity contribution is 0.246. The molecule has 19 heavy (non-hydrogen) atoms. The van der Waals surface area contributed by atoms with Crippen molar-refractivity contribution in [1.29, 1.82) is 0 Å². The summed E-state index contributed by atoms with van der Waals surface area (Å²) in [5.74, 6) is 0.829. The number of hydrogen-bond donors (Lipinski definition) is 1. The van der Waals surface area contributed by atoms with Crippen molar-refractivity contribution in [1.82, 2.24) is 10.2 Å².